The molecule has 2 heterocycles. The summed E-state index contributed by atoms with van der Waals surface area (Å²) in [6.07, 6.45) is 5.70. The molecule has 3 aromatic rings. The van der Waals surface area contributed by atoms with Crippen molar-refractivity contribution in [1.29, 1.82) is 0 Å². The van der Waals surface area contributed by atoms with Crippen molar-refractivity contribution in [1.82, 2.24) is 14.9 Å². The zero-order valence-electron chi connectivity index (χ0n) is 13.2. The molecule has 0 aliphatic carbocycles. The van der Waals surface area contributed by atoms with E-state index in [1.165, 1.54) is 0 Å². The van der Waals surface area contributed by atoms with Crippen molar-refractivity contribution in [2.75, 3.05) is 18.7 Å². The zero-order chi connectivity index (χ0) is 16.2. The molecule has 3 rings (SSSR count). The summed E-state index contributed by atoms with van der Waals surface area (Å²) in [4.78, 5) is 1.16. The van der Waals surface area contributed by atoms with Gasteiger partial charge in [-0.2, -0.15) is 5.10 Å². The molecule has 2 aromatic heterocycles. The molecular formula is C16H18N4O2S. The Morgan fingerprint density at radius 2 is 2.22 bits per heavy atom. The molecule has 120 valence electrons. The highest BCUT2D eigenvalue weighted by Crippen LogP contribution is 2.30. The second-order valence-electron chi connectivity index (χ2n) is 5.00. The number of aryl methyl sites for hydroxylation is 1. The van der Waals surface area contributed by atoms with Crippen LogP contribution in [0.25, 0.3) is 11.3 Å². The summed E-state index contributed by atoms with van der Waals surface area (Å²) >= 11 is 1.68. The van der Waals surface area contributed by atoms with E-state index in [0.29, 0.717) is 6.54 Å². The lowest BCUT2D eigenvalue weighted by Crippen LogP contribution is -2.00. The monoisotopic (exact) mass is 330 g/mol. The van der Waals surface area contributed by atoms with E-state index in [2.05, 4.69) is 21.6 Å². The average molecular weight is 330 g/mol. The number of benzene rings is 1. The number of methoxy groups -OCH3 is 1. The SMILES string of the molecule is COc1cc(SC)ccc1NCc1cc(-c2cnn(C)c2)no1. The number of nitrogens with one attached hydrogen (secondary N) is 1. The molecule has 0 fully saturated rings. The molecule has 0 radical (unpaired) electrons. The van der Waals surface area contributed by atoms with Crippen molar-refractivity contribution in [2.45, 2.75) is 11.4 Å². The zero-order valence-corrected chi connectivity index (χ0v) is 14.1. The van der Waals surface area contributed by atoms with Crippen molar-refractivity contribution < 1.29 is 9.26 Å². The predicted molar refractivity (Wildman–Crippen MR) is 90.8 cm³/mol. The van der Waals surface area contributed by atoms with Crippen LogP contribution in [-0.4, -0.2) is 28.3 Å². The van der Waals surface area contributed by atoms with Crippen LogP contribution in [0, 0.1) is 0 Å². The lowest BCUT2D eigenvalue weighted by molar-refractivity contribution is 0.389. The van der Waals surface area contributed by atoms with Gasteiger partial charge in [-0.05, 0) is 24.5 Å². The maximum atomic E-state index is 5.42. The highest BCUT2D eigenvalue weighted by molar-refractivity contribution is 7.98. The predicted octanol–water partition coefficient (Wildman–Crippen LogP) is 3.42. The first kappa shape index (κ1) is 15.5. The summed E-state index contributed by atoms with van der Waals surface area (Å²) in [7, 11) is 3.54. The molecule has 0 saturated carbocycles. The Kier molecular flexibility index (Phi) is 4.57. The largest absolute Gasteiger partial charge is 0.495 e. The highest BCUT2D eigenvalue weighted by atomic mass is 32.2. The molecule has 7 heteroatoms. The quantitative estimate of drug-likeness (QED) is 0.699. The molecule has 0 saturated heterocycles. The summed E-state index contributed by atoms with van der Waals surface area (Å²) in [6.45, 7) is 0.530. The molecule has 0 aliphatic rings. The van der Waals surface area contributed by atoms with Gasteiger partial charge >= 0.3 is 0 Å². The van der Waals surface area contributed by atoms with Gasteiger partial charge < -0.3 is 14.6 Å². The Morgan fingerprint density at radius 3 is 2.91 bits per heavy atom. The van der Waals surface area contributed by atoms with E-state index < -0.39 is 0 Å². The number of rotatable bonds is 6. The van der Waals surface area contributed by atoms with Crippen LogP contribution in [0.2, 0.25) is 0 Å². The fourth-order valence-corrected chi connectivity index (χ4v) is 2.64. The van der Waals surface area contributed by atoms with E-state index in [1.54, 1.807) is 29.8 Å². The van der Waals surface area contributed by atoms with Gasteiger partial charge in [0, 0.05) is 29.8 Å². The minimum Gasteiger partial charge on any atom is -0.495 e. The first-order valence-corrected chi connectivity index (χ1v) is 8.32. The second kappa shape index (κ2) is 6.78. The van der Waals surface area contributed by atoms with E-state index in [1.807, 2.05) is 37.7 Å². The Hall–Kier alpha value is -2.41. The van der Waals surface area contributed by atoms with E-state index >= 15 is 0 Å². The first-order valence-electron chi connectivity index (χ1n) is 7.10. The second-order valence-corrected chi connectivity index (χ2v) is 5.88. The number of thioether (sulfide) groups is 1. The molecule has 1 N–H and O–H groups in total. The molecule has 1 aromatic carbocycles. The Morgan fingerprint density at radius 1 is 1.35 bits per heavy atom. The van der Waals surface area contributed by atoms with Gasteiger partial charge in [0.25, 0.3) is 0 Å². The molecule has 23 heavy (non-hydrogen) atoms. The van der Waals surface area contributed by atoms with Crippen molar-refractivity contribution in [3.05, 3.63) is 42.4 Å². The van der Waals surface area contributed by atoms with Crippen LogP contribution in [-0.2, 0) is 13.6 Å². The average Bonchev–Trinajstić information content (AvgIpc) is 3.21. The van der Waals surface area contributed by atoms with Gasteiger partial charge in [-0.15, -0.1) is 11.8 Å². The van der Waals surface area contributed by atoms with Gasteiger partial charge in [-0.3, -0.25) is 4.68 Å². The summed E-state index contributed by atoms with van der Waals surface area (Å²) < 4.78 is 12.5. The first-order chi connectivity index (χ1) is 11.2. The molecule has 0 bridgehead atoms. The molecular weight excluding hydrogens is 312 g/mol. The van der Waals surface area contributed by atoms with Crippen LogP contribution in [0.5, 0.6) is 5.75 Å². The van der Waals surface area contributed by atoms with Crippen LogP contribution in [0.4, 0.5) is 5.69 Å². The number of ether oxygens (including phenoxy) is 1. The van der Waals surface area contributed by atoms with E-state index in [-0.39, 0.29) is 0 Å². The van der Waals surface area contributed by atoms with Crippen LogP contribution >= 0.6 is 11.8 Å². The van der Waals surface area contributed by atoms with Crippen LogP contribution in [0.15, 0.2) is 46.1 Å². The fourth-order valence-electron chi connectivity index (χ4n) is 2.21. The minimum atomic E-state index is 0.530. The summed E-state index contributed by atoms with van der Waals surface area (Å²) in [5.41, 5.74) is 2.63. The Balaban J connectivity index is 1.70. The van der Waals surface area contributed by atoms with E-state index in [4.69, 9.17) is 9.26 Å². The maximum Gasteiger partial charge on any atom is 0.156 e. The Labute approximate surface area is 138 Å². The number of nitrogens with zero attached hydrogens (tertiary/aromatic N) is 3. The molecule has 0 aliphatic heterocycles. The summed E-state index contributed by atoms with van der Waals surface area (Å²) in [5.74, 6) is 1.56. The van der Waals surface area contributed by atoms with Crippen LogP contribution < -0.4 is 10.1 Å². The highest BCUT2D eigenvalue weighted by Gasteiger charge is 2.09. The van der Waals surface area contributed by atoms with Gasteiger partial charge in [0.2, 0.25) is 0 Å². The van der Waals surface area contributed by atoms with Crippen LogP contribution in [0.3, 0.4) is 0 Å². The molecule has 0 atom stereocenters. The van der Waals surface area contributed by atoms with Crippen molar-refractivity contribution in [3.63, 3.8) is 0 Å². The smallest absolute Gasteiger partial charge is 0.156 e. The van der Waals surface area contributed by atoms with Gasteiger partial charge in [-0.1, -0.05) is 5.16 Å². The normalized spacial score (nSPS) is 10.7. The van der Waals surface area contributed by atoms with Gasteiger partial charge in [-0.25, -0.2) is 0 Å². The third-order valence-electron chi connectivity index (χ3n) is 3.42. The summed E-state index contributed by atoms with van der Waals surface area (Å²) in [5, 5.41) is 11.5. The standard InChI is InChI=1S/C16H18N4O2S/c1-20-10-11(8-18-20)15-6-12(22-19-15)9-17-14-5-4-13(23-3)7-16(14)21-2/h4-8,10,17H,9H2,1-3H3. The third-order valence-corrected chi connectivity index (χ3v) is 4.15. The van der Waals surface area contributed by atoms with E-state index in [9.17, 15) is 0 Å². The summed E-state index contributed by atoms with van der Waals surface area (Å²) in [6, 6.07) is 7.97. The van der Waals surface area contributed by atoms with Gasteiger partial charge in [0.1, 0.15) is 11.4 Å². The van der Waals surface area contributed by atoms with E-state index in [0.717, 1.165) is 33.4 Å². The lowest BCUT2D eigenvalue weighted by Gasteiger charge is -2.11. The van der Waals surface area contributed by atoms with Gasteiger partial charge in [0.15, 0.2) is 5.76 Å². The van der Waals surface area contributed by atoms with Crippen molar-refractivity contribution in [2.24, 2.45) is 7.05 Å². The lowest BCUT2D eigenvalue weighted by atomic mass is 10.2. The van der Waals surface area contributed by atoms with Crippen LogP contribution in [0.1, 0.15) is 5.76 Å². The molecule has 0 unspecified atom stereocenters. The minimum absolute atomic E-state index is 0.530. The van der Waals surface area contributed by atoms with Crippen molar-refractivity contribution in [3.8, 4) is 17.0 Å². The fraction of sp³-hybridized carbons (Fsp3) is 0.250. The number of aromatic nitrogens is 3. The van der Waals surface area contributed by atoms with Gasteiger partial charge in [0.05, 0.1) is 25.5 Å². The third kappa shape index (κ3) is 3.50. The number of anilines is 1. The molecule has 0 amide bonds. The number of hydrogen-bond acceptors (Lipinski definition) is 6. The topological polar surface area (TPSA) is 65.1 Å². The maximum absolute atomic E-state index is 5.42. The molecule has 6 nitrogen and oxygen atoms in total. The number of hydrogen-bond donors (Lipinski definition) is 1. The Bertz CT molecular complexity index is 797. The molecule has 0 spiro atoms. The van der Waals surface area contributed by atoms with Crippen molar-refractivity contribution >= 4 is 17.4 Å².